The van der Waals surface area contributed by atoms with Crippen LogP contribution in [0.2, 0.25) is 0 Å². The zero-order valence-corrected chi connectivity index (χ0v) is 14.2. The van der Waals surface area contributed by atoms with Crippen molar-refractivity contribution < 1.29 is 18.4 Å². The van der Waals surface area contributed by atoms with Crippen LogP contribution in [0.4, 0.5) is 0 Å². The van der Waals surface area contributed by atoms with Crippen molar-refractivity contribution >= 4 is 24.9 Å². The molecule has 1 rings (SSSR count). The molecule has 0 amide bonds. The molecule has 0 N–H and O–H groups in total. The number of hydrogen-bond donors (Lipinski definition) is 0. The van der Waals surface area contributed by atoms with E-state index in [1.807, 2.05) is 18.4 Å². The first kappa shape index (κ1) is 17.4. The molecule has 0 fully saturated rings. The SMILES string of the molecule is CSc1ccc(C(=O)P(=O)(OC(C)C)OC(C)C)cc1. The molecule has 112 valence electrons. The molecule has 0 aliphatic carbocycles. The van der Waals surface area contributed by atoms with Crippen molar-refractivity contribution in [3.8, 4) is 0 Å². The summed E-state index contributed by atoms with van der Waals surface area (Å²) in [7, 11) is -3.81. The van der Waals surface area contributed by atoms with Gasteiger partial charge in [-0.25, -0.2) is 0 Å². The lowest BCUT2D eigenvalue weighted by Gasteiger charge is -2.21. The highest BCUT2D eigenvalue weighted by Gasteiger charge is 2.37. The zero-order chi connectivity index (χ0) is 15.3. The minimum atomic E-state index is -3.81. The lowest BCUT2D eigenvalue weighted by molar-refractivity contribution is 0.0924. The van der Waals surface area contributed by atoms with Gasteiger partial charge >= 0.3 is 7.60 Å². The van der Waals surface area contributed by atoms with Crippen molar-refractivity contribution in [2.45, 2.75) is 44.8 Å². The van der Waals surface area contributed by atoms with Gasteiger partial charge in [-0.05, 0) is 58.2 Å². The summed E-state index contributed by atoms with van der Waals surface area (Å²) in [6.07, 6.45) is 1.24. The minimum absolute atomic E-state index is 0.340. The summed E-state index contributed by atoms with van der Waals surface area (Å²) in [6.45, 7) is 6.89. The first-order chi connectivity index (χ1) is 9.28. The quantitative estimate of drug-likeness (QED) is 0.544. The number of carbonyl (C=O) groups excluding carboxylic acids is 1. The third kappa shape index (κ3) is 4.74. The van der Waals surface area contributed by atoms with Gasteiger partial charge in [0.05, 0.1) is 12.2 Å². The van der Waals surface area contributed by atoms with Gasteiger partial charge in [-0.1, -0.05) is 0 Å². The molecule has 1 aromatic rings. The van der Waals surface area contributed by atoms with Gasteiger partial charge in [0.1, 0.15) is 0 Å². The summed E-state index contributed by atoms with van der Waals surface area (Å²) in [5.74, 6) is 0. The molecule has 6 heteroatoms. The van der Waals surface area contributed by atoms with Crippen molar-refractivity contribution in [2.24, 2.45) is 0 Å². The van der Waals surface area contributed by atoms with Crippen LogP contribution in [0.1, 0.15) is 38.1 Å². The number of hydrogen-bond acceptors (Lipinski definition) is 5. The Hall–Kier alpha value is -0.610. The number of benzene rings is 1. The second-order valence-corrected chi connectivity index (χ2v) is 7.54. The molecule has 0 aromatic heterocycles. The number of thioether (sulfide) groups is 1. The topological polar surface area (TPSA) is 52.6 Å². The van der Waals surface area contributed by atoms with E-state index in [9.17, 15) is 9.36 Å². The van der Waals surface area contributed by atoms with E-state index in [2.05, 4.69) is 0 Å². The van der Waals surface area contributed by atoms with Crippen LogP contribution in [-0.2, 0) is 13.6 Å². The van der Waals surface area contributed by atoms with Crippen molar-refractivity contribution in [2.75, 3.05) is 6.26 Å². The Morgan fingerprint density at radius 3 is 1.85 bits per heavy atom. The fraction of sp³-hybridized carbons (Fsp3) is 0.500. The largest absolute Gasteiger partial charge is 0.402 e. The third-order valence-corrected chi connectivity index (χ3v) is 5.18. The normalized spacial score (nSPS) is 12.2. The average Bonchev–Trinajstić information content (AvgIpc) is 2.36. The summed E-state index contributed by atoms with van der Waals surface area (Å²) >= 11 is 1.58. The molecule has 0 saturated carbocycles. The Balaban J connectivity index is 3.05. The molecule has 0 aliphatic heterocycles. The van der Waals surface area contributed by atoms with Crippen molar-refractivity contribution in [3.63, 3.8) is 0 Å². The van der Waals surface area contributed by atoms with Gasteiger partial charge in [0, 0.05) is 10.5 Å². The van der Waals surface area contributed by atoms with Gasteiger partial charge in [-0.3, -0.25) is 9.36 Å². The molecule has 20 heavy (non-hydrogen) atoms. The molecule has 0 spiro atoms. The zero-order valence-electron chi connectivity index (χ0n) is 12.5. The summed E-state index contributed by atoms with van der Waals surface area (Å²) in [6, 6.07) is 6.92. The molecule has 0 bridgehead atoms. The predicted octanol–water partition coefficient (Wildman–Crippen LogP) is 4.59. The molecule has 4 nitrogen and oxygen atoms in total. The summed E-state index contributed by atoms with van der Waals surface area (Å²) in [4.78, 5) is 13.5. The Bertz CT molecular complexity index is 482. The Labute approximate surface area is 124 Å². The number of carbonyl (C=O) groups is 1. The predicted molar refractivity (Wildman–Crippen MR) is 82.6 cm³/mol. The van der Waals surface area contributed by atoms with Gasteiger partial charge in [0.25, 0.3) is 5.52 Å². The van der Waals surface area contributed by atoms with Crippen LogP contribution in [0, 0.1) is 0 Å². The molecule has 1 aromatic carbocycles. The average molecular weight is 316 g/mol. The van der Waals surface area contributed by atoms with Crippen molar-refractivity contribution in [3.05, 3.63) is 29.8 Å². The monoisotopic (exact) mass is 316 g/mol. The first-order valence-corrected chi connectivity index (χ1v) is 9.21. The standard InChI is InChI=1S/C14H21O4PS/c1-10(2)17-19(16,18-11(3)4)14(15)12-6-8-13(20-5)9-7-12/h6-11H,1-5H3. The summed E-state index contributed by atoms with van der Waals surface area (Å²) in [5, 5.41) is 0. The van der Waals surface area contributed by atoms with Gasteiger partial charge in [-0.2, -0.15) is 0 Å². The molecule has 0 heterocycles. The van der Waals surface area contributed by atoms with Crippen LogP contribution in [0.25, 0.3) is 0 Å². The van der Waals surface area contributed by atoms with Crippen LogP contribution in [0.15, 0.2) is 29.2 Å². The van der Waals surface area contributed by atoms with E-state index >= 15 is 0 Å². The summed E-state index contributed by atoms with van der Waals surface area (Å²) < 4.78 is 23.3. The first-order valence-electron chi connectivity index (χ1n) is 6.44. The highest BCUT2D eigenvalue weighted by atomic mass is 32.2. The molecular formula is C14H21O4PS. The Morgan fingerprint density at radius 2 is 1.50 bits per heavy atom. The summed E-state index contributed by atoms with van der Waals surface area (Å²) in [5.41, 5.74) is -0.250. The molecule has 0 atom stereocenters. The van der Waals surface area contributed by atoms with Crippen LogP contribution >= 0.6 is 19.4 Å². The van der Waals surface area contributed by atoms with Crippen molar-refractivity contribution in [1.29, 1.82) is 0 Å². The minimum Gasteiger partial charge on any atom is -0.300 e. The lowest BCUT2D eigenvalue weighted by atomic mass is 10.2. The Morgan fingerprint density at radius 1 is 1.05 bits per heavy atom. The Kier molecular flexibility index (Phi) is 6.46. The van der Waals surface area contributed by atoms with Crippen molar-refractivity contribution in [1.82, 2.24) is 0 Å². The van der Waals surface area contributed by atoms with Gasteiger partial charge in [0.2, 0.25) is 0 Å². The fourth-order valence-corrected chi connectivity index (χ4v) is 3.79. The van der Waals surface area contributed by atoms with E-state index < -0.39 is 13.1 Å². The van der Waals surface area contributed by atoms with E-state index in [0.717, 1.165) is 4.90 Å². The maximum atomic E-state index is 12.7. The highest BCUT2D eigenvalue weighted by molar-refractivity contribution is 7.98. The highest BCUT2D eigenvalue weighted by Crippen LogP contribution is 2.53. The van der Waals surface area contributed by atoms with E-state index in [4.69, 9.17) is 9.05 Å². The van der Waals surface area contributed by atoms with Gasteiger partial charge < -0.3 is 9.05 Å². The maximum absolute atomic E-state index is 12.7. The molecule has 0 radical (unpaired) electrons. The van der Waals surface area contributed by atoms with Crippen LogP contribution in [0.3, 0.4) is 0 Å². The maximum Gasteiger partial charge on any atom is 0.402 e. The second-order valence-electron chi connectivity index (χ2n) is 4.84. The van der Waals surface area contributed by atoms with E-state index in [0.29, 0.717) is 5.56 Å². The van der Waals surface area contributed by atoms with Gasteiger partial charge in [-0.15, -0.1) is 11.8 Å². The fourth-order valence-electron chi connectivity index (χ4n) is 1.57. The number of rotatable bonds is 7. The van der Waals surface area contributed by atoms with E-state index in [-0.39, 0.29) is 12.2 Å². The smallest absolute Gasteiger partial charge is 0.300 e. The molecule has 0 aliphatic rings. The van der Waals surface area contributed by atoms with Crippen LogP contribution in [0.5, 0.6) is 0 Å². The van der Waals surface area contributed by atoms with E-state index in [1.54, 1.807) is 51.6 Å². The third-order valence-electron chi connectivity index (χ3n) is 2.28. The molecular weight excluding hydrogens is 295 g/mol. The van der Waals surface area contributed by atoms with Crippen LogP contribution in [-0.4, -0.2) is 24.0 Å². The molecule has 0 unspecified atom stereocenters. The lowest BCUT2D eigenvalue weighted by Crippen LogP contribution is -2.14. The molecule has 0 saturated heterocycles. The van der Waals surface area contributed by atoms with Crippen LogP contribution < -0.4 is 0 Å². The second kappa shape index (κ2) is 7.41. The van der Waals surface area contributed by atoms with Gasteiger partial charge in [0.15, 0.2) is 0 Å². The van der Waals surface area contributed by atoms with E-state index in [1.165, 1.54) is 0 Å².